The largest absolute Gasteiger partial charge is 0.312 e. The van der Waals surface area contributed by atoms with Crippen molar-refractivity contribution in [3.63, 3.8) is 0 Å². The highest BCUT2D eigenvalue weighted by Crippen LogP contribution is 2.33. The van der Waals surface area contributed by atoms with Crippen molar-refractivity contribution in [2.24, 2.45) is 11.8 Å². The predicted molar refractivity (Wildman–Crippen MR) is 84.9 cm³/mol. The van der Waals surface area contributed by atoms with Gasteiger partial charge in [0.25, 0.3) is 0 Å². The van der Waals surface area contributed by atoms with Crippen LogP contribution in [0.25, 0.3) is 0 Å². The molecule has 0 bridgehead atoms. The first-order valence-electron chi connectivity index (χ1n) is 8.24. The molecule has 1 saturated carbocycles. The lowest BCUT2D eigenvalue weighted by Crippen LogP contribution is -2.21. The van der Waals surface area contributed by atoms with Gasteiger partial charge in [-0.3, -0.25) is 4.68 Å². The Labute approximate surface area is 124 Å². The molecule has 0 aromatic carbocycles. The summed E-state index contributed by atoms with van der Waals surface area (Å²) in [6.45, 7) is 13.3. The smallest absolute Gasteiger partial charge is 0.0641 e. The second kappa shape index (κ2) is 6.75. The van der Waals surface area contributed by atoms with Crippen molar-refractivity contribution in [2.45, 2.75) is 72.9 Å². The van der Waals surface area contributed by atoms with Gasteiger partial charge in [0.2, 0.25) is 0 Å². The molecule has 1 aliphatic rings. The van der Waals surface area contributed by atoms with Gasteiger partial charge >= 0.3 is 0 Å². The van der Waals surface area contributed by atoms with Crippen LogP contribution < -0.4 is 5.32 Å². The molecule has 2 rings (SSSR count). The van der Waals surface area contributed by atoms with Gasteiger partial charge in [0.15, 0.2) is 0 Å². The van der Waals surface area contributed by atoms with E-state index in [0.29, 0.717) is 12.0 Å². The van der Waals surface area contributed by atoms with Crippen molar-refractivity contribution in [1.82, 2.24) is 15.1 Å². The fourth-order valence-corrected chi connectivity index (χ4v) is 3.28. The van der Waals surface area contributed by atoms with E-state index < -0.39 is 0 Å². The summed E-state index contributed by atoms with van der Waals surface area (Å²) in [6, 6.07) is 0.628. The van der Waals surface area contributed by atoms with E-state index in [9.17, 15) is 0 Å². The van der Waals surface area contributed by atoms with Crippen molar-refractivity contribution < 1.29 is 0 Å². The van der Waals surface area contributed by atoms with Crippen LogP contribution in [0.4, 0.5) is 0 Å². The maximum Gasteiger partial charge on any atom is 0.0641 e. The molecule has 3 heteroatoms. The fourth-order valence-electron chi connectivity index (χ4n) is 3.28. The zero-order valence-corrected chi connectivity index (χ0v) is 13.9. The topological polar surface area (TPSA) is 29.9 Å². The molecule has 0 aliphatic heterocycles. The van der Waals surface area contributed by atoms with E-state index in [2.05, 4.69) is 44.6 Å². The Morgan fingerprint density at radius 2 is 1.85 bits per heavy atom. The zero-order chi connectivity index (χ0) is 14.7. The van der Waals surface area contributed by atoms with Gasteiger partial charge in [0.1, 0.15) is 0 Å². The maximum absolute atomic E-state index is 4.83. The van der Waals surface area contributed by atoms with Gasteiger partial charge in [-0.05, 0) is 57.9 Å². The Kier molecular flexibility index (Phi) is 5.25. The molecule has 0 amide bonds. The first kappa shape index (κ1) is 15.6. The molecule has 0 saturated heterocycles. The minimum Gasteiger partial charge on any atom is -0.312 e. The number of hydrogen-bond acceptors (Lipinski definition) is 2. The summed E-state index contributed by atoms with van der Waals surface area (Å²) in [5.41, 5.74) is 3.99. The van der Waals surface area contributed by atoms with Crippen LogP contribution in [0.1, 0.15) is 69.4 Å². The highest BCUT2D eigenvalue weighted by atomic mass is 15.3. The van der Waals surface area contributed by atoms with E-state index in [1.165, 1.54) is 42.6 Å². The minimum atomic E-state index is 0.628. The van der Waals surface area contributed by atoms with Gasteiger partial charge in [-0.1, -0.05) is 20.8 Å². The maximum atomic E-state index is 4.83. The van der Waals surface area contributed by atoms with E-state index in [1.54, 1.807) is 0 Å². The Morgan fingerprint density at radius 3 is 2.45 bits per heavy atom. The standard InChI is InChI=1S/C17H31N3/c1-12(2)10-18-11-17-14(4)19-20(15(17)5)16-8-6-13(3)7-9-16/h12-13,16,18H,6-11H2,1-5H3. The van der Waals surface area contributed by atoms with E-state index in [1.807, 2.05) is 0 Å². The van der Waals surface area contributed by atoms with Gasteiger partial charge in [-0.2, -0.15) is 5.10 Å². The molecule has 114 valence electrons. The second-order valence-electron chi connectivity index (χ2n) is 7.03. The van der Waals surface area contributed by atoms with Crippen molar-refractivity contribution in [1.29, 1.82) is 0 Å². The monoisotopic (exact) mass is 277 g/mol. The summed E-state index contributed by atoms with van der Waals surface area (Å²) < 4.78 is 2.31. The summed E-state index contributed by atoms with van der Waals surface area (Å²) in [7, 11) is 0. The van der Waals surface area contributed by atoms with Crippen LogP contribution in [-0.4, -0.2) is 16.3 Å². The number of aryl methyl sites for hydroxylation is 1. The third-order valence-corrected chi connectivity index (χ3v) is 4.66. The summed E-state index contributed by atoms with van der Waals surface area (Å²) in [6.07, 6.45) is 5.29. The van der Waals surface area contributed by atoms with Gasteiger partial charge in [0, 0.05) is 17.8 Å². The van der Waals surface area contributed by atoms with Gasteiger partial charge in [-0.25, -0.2) is 0 Å². The molecule has 1 heterocycles. The third kappa shape index (κ3) is 3.63. The first-order chi connectivity index (χ1) is 9.49. The predicted octanol–water partition coefficient (Wildman–Crippen LogP) is 4.00. The Bertz CT molecular complexity index is 426. The van der Waals surface area contributed by atoms with Gasteiger partial charge in [0.05, 0.1) is 11.7 Å². The third-order valence-electron chi connectivity index (χ3n) is 4.66. The average Bonchev–Trinajstić information content (AvgIpc) is 2.67. The molecule has 3 nitrogen and oxygen atoms in total. The van der Waals surface area contributed by atoms with Crippen LogP contribution >= 0.6 is 0 Å². The van der Waals surface area contributed by atoms with Crippen LogP contribution in [0, 0.1) is 25.7 Å². The van der Waals surface area contributed by atoms with Crippen LogP contribution in [0.2, 0.25) is 0 Å². The van der Waals surface area contributed by atoms with Crippen LogP contribution in [-0.2, 0) is 6.54 Å². The molecule has 20 heavy (non-hydrogen) atoms. The second-order valence-corrected chi connectivity index (χ2v) is 7.03. The summed E-state index contributed by atoms with van der Waals surface area (Å²) >= 11 is 0. The van der Waals surface area contributed by atoms with E-state index >= 15 is 0 Å². The molecule has 0 unspecified atom stereocenters. The molecule has 1 N–H and O–H groups in total. The molecule has 1 aromatic heterocycles. The summed E-state index contributed by atoms with van der Waals surface area (Å²) in [4.78, 5) is 0. The van der Waals surface area contributed by atoms with Gasteiger partial charge < -0.3 is 5.32 Å². The Morgan fingerprint density at radius 1 is 1.20 bits per heavy atom. The quantitative estimate of drug-likeness (QED) is 0.881. The molecule has 0 atom stereocenters. The highest BCUT2D eigenvalue weighted by molar-refractivity contribution is 5.24. The summed E-state index contributed by atoms with van der Waals surface area (Å²) in [5, 5.41) is 8.39. The first-order valence-corrected chi connectivity index (χ1v) is 8.24. The Hall–Kier alpha value is -0.830. The van der Waals surface area contributed by atoms with Crippen LogP contribution in [0.5, 0.6) is 0 Å². The zero-order valence-electron chi connectivity index (χ0n) is 13.9. The van der Waals surface area contributed by atoms with Gasteiger partial charge in [-0.15, -0.1) is 0 Å². The number of hydrogen-bond donors (Lipinski definition) is 1. The van der Waals surface area contributed by atoms with Crippen molar-refractivity contribution >= 4 is 0 Å². The van der Waals surface area contributed by atoms with Crippen molar-refractivity contribution in [2.75, 3.05) is 6.54 Å². The molecule has 1 aromatic rings. The van der Waals surface area contributed by atoms with Crippen molar-refractivity contribution in [3.05, 3.63) is 17.0 Å². The molecule has 1 aliphatic carbocycles. The molecule has 0 radical (unpaired) electrons. The summed E-state index contributed by atoms with van der Waals surface area (Å²) in [5.74, 6) is 1.60. The van der Waals surface area contributed by atoms with Crippen LogP contribution in [0.15, 0.2) is 0 Å². The average molecular weight is 277 g/mol. The Balaban J connectivity index is 2.04. The number of rotatable bonds is 5. The molecular weight excluding hydrogens is 246 g/mol. The number of nitrogens with one attached hydrogen (secondary N) is 1. The van der Waals surface area contributed by atoms with Crippen LogP contribution in [0.3, 0.4) is 0 Å². The van der Waals surface area contributed by atoms with Crippen molar-refractivity contribution in [3.8, 4) is 0 Å². The fraction of sp³-hybridized carbons (Fsp3) is 0.824. The highest BCUT2D eigenvalue weighted by Gasteiger charge is 2.23. The SMILES string of the molecule is Cc1nn(C2CCC(C)CC2)c(C)c1CNCC(C)C. The molecular formula is C17H31N3. The minimum absolute atomic E-state index is 0.628. The number of aromatic nitrogens is 2. The number of nitrogens with zero attached hydrogens (tertiary/aromatic N) is 2. The molecule has 1 fully saturated rings. The van der Waals surface area contributed by atoms with E-state index in [4.69, 9.17) is 5.10 Å². The molecule has 0 spiro atoms. The lowest BCUT2D eigenvalue weighted by atomic mass is 9.87. The van der Waals surface area contributed by atoms with E-state index in [-0.39, 0.29) is 0 Å². The lowest BCUT2D eigenvalue weighted by Gasteiger charge is -2.27. The van der Waals surface area contributed by atoms with E-state index in [0.717, 1.165) is 19.0 Å². The lowest BCUT2D eigenvalue weighted by molar-refractivity contribution is 0.270. The normalized spacial score (nSPS) is 23.5.